The number of hydrogen-bond acceptors (Lipinski definition) is 6. The summed E-state index contributed by atoms with van der Waals surface area (Å²) < 4.78 is 29.4. The molecule has 0 saturated heterocycles. The summed E-state index contributed by atoms with van der Waals surface area (Å²) in [5.41, 5.74) is 6.75. The molecular formula is C30H27N3O3S. The summed E-state index contributed by atoms with van der Waals surface area (Å²) in [4.78, 5) is 9.36. The van der Waals surface area contributed by atoms with Gasteiger partial charge >= 0.3 is 0 Å². The minimum atomic E-state index is -3.31. The van der Waals surface area contributed by atoms with Crippen LogP contribution in [0.1, 0.15) is 48.2 Å². The van der Waals surface area contributed by atoms with Crippen molar-refractivity contribution in [1.82, 2.24) is 15.1 Å². The van der Waals surface area contributed by atoms with Crippen LogP contribution in [0.15, 0.2) is 88.4 Å². The highest BCUT2D eigenvalue weighted by Crippen LogP contribution is 2.33. The average Bonchev–Trinajstić information content (AvgIpc) is 3.32. The molecule has 0 amide bonds. The van der Waals surface area contributed by atoms with E-state index in [9.17, 15) is 8.42 Å². The van der Waals surface area contributed by atoms with Crippen LogP contribution in [0, 0.1) is 6.92 Å². The second-order valence-corrected chi connectivity index (χ2v) is 11.4. The maximum atomic E-state index is 11.9. The van der Waals surface area contributed by atoms with E-state index < -0.39 is 9.84 Å². The van der Waals surface area contributed by atoms with Gasteiger partial charge in [-0.05, 0) is 77.6 Å². The molecule has 37 heavy (non-hydrogen) atoms. The first kappa shape index (κ1) is 24.6. The molecule has 0 fully saturated rings. The highest BCUT2D eigenvalue weighted by Gasteiger charge is 2.15. The van der Waals surface area contributed by atoms with Gasteiger partial charge in [-0.2, -0.15) is 4.98 Å². The van der Waals surface area contributed by atoms with Crippen LogP contribution in [0.25, 0.3) is 33.7 Å². The smallest absolute Gasteiger partial charge is 0.258 e. The number of aromatic nitrogens is 3. The lowest BCUT2D eigenvalue weighted by molar-refractivity contribution is 0.403. The first-order valence-electron chi connectivity index (χ1n) is 12.0. The van der Waals surface area contributed by atoms with Gasteiger partial charge in [-0.25, -0.2) is 8.42 Å². The van der Waals surface area contributed by atoms with Crippen molar-refractivity contribution in [3.05, 3.63) is 107 Å². The zero-order valence-electron chi connectivity index (χ0n) is 21.1. The third kappa shape index (κ3) is 5.22. The van der Waals surface area contributed by atoms with Crippen molar-refractivity contribution in [3.63, 3.8) is 0 Å². The van der Waals surface area contributed by atoms with Crippen molar-refractivity contribution in [2.45, 2.75) is 31.6 Å². The molecule has 0 N–H and O–H groups in total. The molecule has 5 rings (SSSR count). The molecule has 0 bridgehead atoms. The van der Waals surface area contributed by atoms with E-state index in [2.05, 4.69) is 59.3 Å². The van der Waals surface area contributed by atoms with E-state index in [-0.39, 0.29) is 4.90 Å². The van der Waals surface area contributed by atoms with Gasteiger partial charge in [0.15, 0.2) is 15.7 Å². The fourth-order valence-electron chi connectivity index (χ4n) is 4.29. The Morgan fingerprint density at radius 1 is 0.973 bits per heavy atom. The van der Waals surface area contributed by atoms with Crippen LogP contribution < -0.4 is 0 Å². The standard InChI is InChI=1S/C30H27N3O3S/c1-19(2)25-17-24-9-6-14-31-29(24)27(18-25)23-8-5-7-21(15-23)16-28(30-32-20(3)33-36-30)22-10-12-26(13-11-22)37(4,34)35/h5-19H,1-4H3/b28-16-. The Morgan fingerprint density at radius 2 is 1.76 bits per heavy atom. The summed E-state index contributed by atoms with van der Waals surface area (Å²) in [6, 6.07) is 23.4. The molecule has 186 valence electrons. The predicted octanol–water partition coefficient (Wildman–Crippen LogP) is 6.71. The number of hydrogen-bond donors (Lipinski definition) is 0. The van der Waals surface area contributed by atoms with Gasteiger partial charge in [0.1, 0.15) is 0 Å². The molecule has 0 radical (unpaired) electrons. The third-order valence-corrected chi connectivity index (χ3v) is 7.38. The summed E-state index contributed by atoms with van der Waals surface area (Å²) in [5.74, 6) is 1.27. The fraction of sp³-hybridized carbons (Fsp3) is 0.167. The summed E-state index contributed by atoms with van der Waals surface area (Å²) in [6.07, 6.45) is 4.99. The van der Waals surface area contributed by atoms with Gasteiger partial charge in [-0.3, -0.25) is 4.98 Å². The molecule has 0 unspecified atom stereocenters. The quantitative estimate of drug-likeness (QED) is 0.237. The van der Waals surface area contributed by atoms with Crippen molar-refractivity contribution in [2.24, 2.45) is 0 Å². The molecule has 7 heteroatoms. The Bertz CT molecular complexity index is 1730. The molecule has 0 saturated carbocycles. The molecular weight excluding hydrogens is 482 g/mol. The molecule has 2 heterocycles. The molecule has 3 aromatic carbocycles. The molecule has 0 aliphatic carbocycles. The van der Waals surface area contributed by atoms with Crippen molar-refractivity contribution < 1.29 is 12.9 Å². The molecule has 0 atom stereocenters. The van der Waals surface area contributed by atoms with E-state index in [0.29, 0.717) is 23.2 Å². The van der Waals surface area contributed by atoms with Gasteiger partial charge in [0.2, 0.25) is 0 Å². The minimum Gasteiger partial charge on any atom is -0.334 e. The second-order valence-electron chi connectivity index (χ2n) is 9.43. The third-order valence-electron chi connectivity index (χ3n) is 6.25. The maximum Gasteiger partial charge on any atom is 0.258 e. The molecule has 0 spiro atoms. The average molecular weight is 510 g/mol. The summed E-state index contributed by atoms with van der Waals surface area (Å²) in [7, 11) is -3.31. The van der Waals surface area contributed by atoms with Crippen molar-refractivity contribution in [3.8, 4) is 11.1 Å². The van der Waals surface area contributed by atoms with Crippen LogP contribution in [0.4, 0.5) is 0 Å². The van der Waals surface area contributed by atoms with Crippen LogP contribution in [0.3, 0.4) is 0 Å². The van der Waals surface area contributed by atoms with Gasteiger partial charge in [0.25, 0.3) is 5.89 Å². The summed E-state index contributed by atoms with van der Waals surface area (Å²) in [5, 5.41) is 5.06. The first-order chi connectivity index (χ1) is 17.7. The van der Waals surface area contributed by atoms with Crippen molar-refractivity contribution in [2.75, 3.05) is 6.26 Å². The molecule has 2 aromatic heterocycles. The predicted molar refractivity (Wildman–Crippen MR) is 147 cm³/mol. The van der Waals surface area contributed by atoms with Crippen molar-refractivity contribution >= 4 is 32.4 Å². The first-order valence-corrected chi connectivity index (χ1v) is 13.9. The minimum absolute atomic E-state index is 0.253. The van der Waals surface area contributed by atoms with E-state index in [0.717, 1.165) is 33.2 Å². The highest BCUT2D eigenvalue weighted by molar-refractivity contribution is 7.90. The van der Waals surface area contributed by atoms with Crippen LogP contribution >= 0.6 is 0 Å². The summed E-state index contributed by atoms with van der Waals surface area (Å²) in [6.45, 7) is 6.14. The normalized spacial score (nSPS) is 12.4. The van der Waals surface area contributed by atoms with Gasteiger partial charge < -0.3 is 4.52 Å². The lowest BCUT2D eigenvalue weighted by Gasteiger charge is -2.13. The highest BCUT2D eigenvalue weighted by atomic mass is 32.2. The maximum absolute atomic E-state index is 11.9. The van der Waals surface area contributed by atoms with E-state index in [1.54, 1.807) is 31.2 Å². The fourth-order valence-corrected chi connectivity index (χ4v) is 4.92. The molecule has 0 aliphatic rings. The lowest BCUT2D eigenvalue weighted by atomic mass is 9.93. The van der Waals surface area contributed by atoms with Crippen LogP contribution in [-0.4, -0.2) is 29.8 Å². The Balaban J connectivity index is 1.65. The molecule has 6 nitrogen and oxygen atoms in total. The van der Waals surface area contributed by atoms with Gasteiger partial charge in [0.05, 0.1) is 10.4 Å². The van der Waals surface area contributed by atoms with Gasteiger partial charge in [-0.1, -0.05) is 55.4 Å². The Labute approximate surface area is 216 Å². The van der Waals surface area contributed by atoms with Gasteiger partial charge in [0, 0.05) is 29.0 Å². The molecule has 0 aliphatic heterocycles. The number of nitrogens with zero attached hydrogens (tertiary/aromatic N) is 3. The van der Waals surface area contributed by atoms with E-state index in [4.69, 9.17) is 4.52 Å². The van der Waals surface area contributed by atoms with Crippen molar-refractivity contribution in [1.29, 1.82) is 0 Å². The monoisotopic (exact) mass is 509 g/mol. The number of rotatable bonds is 6. The van der Waals surface area contributed by atoms with E-state index in [1.807, 2.05) is 30.5 Å². The summed E-state index contributed by atoms with van der Waals surface area (Å²) >= 11 is 0. The lowest BCUT2D eigenvalue weighted by Crippen LogP contribution is -1.97. The van der Waals surface area contributed by atoms with E-state index in [1.165, 1.54) is 11.8 Å². The Morgan fingerprint density at radius 3 is 2.43 bits per heavy atom. The number of aryl methyl sites for hydroxylation is 1. The zero-order valence-corrected chi connectivity index (χ0v) is 22.0. The van der Waals surface area contributed by atoms with Crippen LogP contribution in [0.5, 0.6) is 0 Å². The number of sulfone groups is 1. The number of pyridine rings is 1. The Hall–Kier alpha value is -4.10. The number of benzene rings is 3. The zero-order chi connectivity index (χ0) is 26.2. The Kier molecular flexibility index (Phi) is 6.48. The van der Waals surface area contributed by atoms with E-state index >= 15 is 0 Å². The topological polar surface area (TPSA) is 86.0 Å². The molecule has 5 aromatic rings. The number of fused-ring (bicyclic) bond motifs is 1. The largest absolute Gasteiger partial charge is 0.334 e. The van der Waals surface area contributed by atoms with Gasteiger partial charge in [-0.15, -0.1) is 0 Å². The SMILES string of the molecule is Cc1noc(/C(=C\c2cccc(-c3cc(C(C)C)cc4cccnc34)c2)c2ccc(S(C)(=O)=O)cc2)n1. The second kappa shape index (κ2) is 9.75. The van der Waals surface area contributed by atoms with Crippen LogP contribution in [0.2, 0.25) is 0 Å². The van der Waals surface area contributed by atoms with Crippen LogP contribution in [-0.2, 0) is 9.84 Å².